The summed E-state index contributed by atoms with van der Waals surface area (Å²) in [6.07, 6.45) is 3.91. The van der Waals surface area contributed by atoms with Gasteiger partial charge in [0.15, 0.2) is 5.84 Å². The average molecular weight is 275 g/mol. The van der Waals surface area contributed by atoms with Crippen molar-refractivity contribution in [2.45, 2.75) is 45.7 Å². The SMILES string of the molecule is CCC1CCC(NCc2ccc(C(N)=NO)cc2)C1C. The monoisotopic (exact) mass is 275 g/mol. The predicted molar refractivity (Wildman–Crippen MR) is 81.8 cm³/mol. The first-order chi connectivity index (χ1) is 9.65. The molecular formula is C16H25N3O. The molecule has 4 N–H and O–H groups in total. The smallest absolute Gasteiger partial charge is 0.170 e. The molecule has 0 amide bonds. The van der Waals surface area contributed by atoms with E-state index in [-0.39, 0.29) is 5.84 Å². The summed E-state index contributed by atoms with van der Waals surface area (Å²) in [6.45, 7) is 5.53. The van der Waals surface area contributed by atoms with Crippen LogP contribution in [0.5, 0.6) is 0 Å². The van der Waals surface area contributed by atoms with Crippen LogP contribution in [-0.2, 0) is 6.54 Å². The molecule has 4 heteroatoms. The third-order valence-corrected chi connectivity index (χ3v) is 4.68. The maximum absolute atomic E-state index is 8.63. The van der Waals surface area contributed by atoms with E-state index in [1.807, 2.05) is 24.3 Å². The van der Waals surface area contributed by atoms with E-state index in [4.69, 9.17) is 10.9 Å². The molecule has 1 aromatic rings. The Morgan fingerprint density at radius 3 is 2.60 bits per heavy atom. The third kappa shape index (κ3) is 3.31. The molecule has 0 heterocycles. The molecule has 1 aliphatic rings. The van der Waals surface area contributed by atoms with Gasteiger partial charge in [-0.25, -0.2) is 0 Å². The van der Waals surface area contributed by atoms with E-state index in [9.17, 15) is 0 Å². The summed E-state index contributed by atoms with van der Waals surface area (Å²) < 4.78 is 0. The molecule has 0 bridgehead atoms. The molecule has 4 nitrogen and oxygen atoms in total. The lowest BCUT2D eigenvalue weighted by Gasteiger charge is -2.21. The zero-order chi connectivity index (χ0) is 14.5. The number of amidine groups is 1. The van der Waals surface area contributed by atoms with Gasteiger partial charge in [0, 0.05) is 18.2 Å². The summed E-state index contributed by atoms with van der Waals surface area (Å²) in [4.78, 5) is 0. The van der Waals surface area contributed by atoms with E-state index in [0.29, 0.717) is 6.04 Å². The number of nitrogens with two attached hydrogens (primary N) is 1. The Hall–Kier alpha value is -1.55. The van der Waals surface area contributed by atoms with Crippen LogP contribution in [0.3, 0.4) is 0 Å². The number of nitrogens with one attached hydrogen (secondary N) is 1. The molecule has 0 aromatic heterocycles. The first-order valence-corrected chi connectivity index (χ1v) is 7.46. The lowest BCUT2D eigenvalue weighted by molar-refractivity contribution is 0.318. The van der Waals surface area contributed by atoms with Crippen LogP contribution in [-0.4, -0.2) is 17.1 Å². The number of hydrogen-bond donors (Lipinski definition) is 3. The van der Waals surface area contributed by atoms with Crippen molar-refractivity contribution in [3.63, 3.8) is 0 Å². The van der Waals surface area contributed by atoms with Gasteiger partial charge in [0.2, 0.25) is 0 Å². The van der Waals surface area contributed by atoms with Crippen molar-refractivity contribution in [3.8, 4) is 0 Å². The molecule has 1 saturated carbocycles. The van der Waals surface area contributed by atoms with Crippen LogP contribution in [0.1, 0.15) is 44.2 Å². The van der Waals surface area contributed by atoms with Gasteiger partial charge < -0.3 is 16.3 Å². The summed E-state index contributed by atoms with van der Waals surface area (Å²) in [5, 5.41) is 15.3. The van der Waals surface area contributed by atoms with Crippen LogP contribution in [0.15, 0.2) is 29.4 Å². The molecule has 2 rings (SSSR count). The highest BCUT2D eigenvalue weighted by atomic mass is 16.4. The Balaban J connectivity index is 1.89. The molecule has 3 unspecified atom stereocenters. The molecule has 0 radical (unpaired) electrons. The molecule has 0 saturated heterocycles. The molecule has 1 aromatic carbocycles. The summed E-state index contributed by atoms with van der Waals surface area (Å²) in [5.74, 6) is 1.78. The largest absolute Gasteiger partial charge is 0.409 e. The van der Waals surface area contributed by atoms with Crippen LogP contribution in [0.4, 0.5) is 0 Å². The molecule has 1 fully saturated rings. The first kappa shape index (κ1) is 14.9. The zero-order valence-corrected chi connectivity index (χ0v) is 12.3. The Kier molecular flexibility index (Phi) is 5.01. The summed E-state index contributed by atoms with van der Waals surface area (Å²) in [5.41, 5.74) is 7.53. The third-order valence-electron chi connectivity index (χ3n) is 4.68. The van der Waals surface area contributed by atoms with Gasteiger partial charge in [0.05, 0.1) is 0 Å². The summed E-state index contributed by atoms with van der Waals surface area (Å²) in [6, 6.07) is 8.45. The fraction of sp³-hybridized carbons (Fsp3) is 0.562. The molecule has 110 valence electrons. The number of rotatable bonds is 5. The van der Waals surface area contributed by atoms with Gasteiger partial charge in [-0.3, -0.25) is 0 Å². The van der Waals surface area contributed by atoms with Gasteiger partial charge in [-0.1, -0.05) is 49.7 Å². The molecule has 3 atom stereocenters. The van der Waals surface area contributed by atoms with Crippen molar-refractivity contribution >= 4 is 5.84 Å². The van der Waals surface area contributed by atoms with E-state index >= 15 is 0 Å². The molecule has 20 heavy (non-hydrogen) atoms. The minimum absolute atomic E-state index is 0.153. The standard InChI is InChI=1S/C16H25N3O/c1-3-13-8-9-15(11(13)2)18-10-12-4-6-14(7-5-12)16(17)19-20/h4-7,11,13,15,18,20H,3,8-10H2,1-2H3,(H2,17,19). The second-order valence-corrected chi connectivity index (χ2v) is 5.77. The van der Waals surface area contributed by atoms with Crippen molar-refractivity contribution in [2.75, 3.05) is 0 Å². The zero-order valence-electron chi connectivity index (χ0n) is 12.3. The average Bonchev–Trinajstić information content (AvgIpc) is 2.85. The molecule has 0 aliphatic heterocycles. The summed E-state index contributed by atoms with van der Waals surface area (Å²) in [7, 11) is 0. The van der Waals surface area contributed by atoms with E-state index in [2.05, 4.69) is 24.3 Å². The Labute approximate surface area is 121 Å². The maximum Gasteiger partial charge on any atom is 0.170 e. The number of oxime groups is 1. The van der Waals surface area contributed by atoms with E-state index in [1.54, 1.807) is 0 Å². The van der Waals surface area contributed by atoms with Crippen molar-refractivity contribution in [3.05, 3.63) is 35.4 Å². The van der Waals surface area contributed by atoms with Gasteiger partial charge in [0.1, 0.15) is 0 Å². The topological polar surface area (TPSA) is 70.6 Å². The lowest BCUT2D eigenvalue weighted by atomic mass is 9.93. The van der Waals surface area contributed by atoms with Crippen molar-refractivity contribution in [1.29, 1.82) is 0 Å². The normalized spacial score (nSPS) is 26.9. The van der Waals surface area contributed by atoms with Crippen LogP contribution < -0.4 is 11.1 Å². The predicted octanol–water partition coefficient (Wildman–Crippen LogP) is 2.70. The first-order valence-electron chi connectivity index (χ1n) is 7.46. The lowest BCUT2D eigenvalue weighted by Crippen LogP contribution is -2.32. The Bertz CT molecular complexity index is 455. The van der Waals surface area contributed by atoms with Crippen molar-refractivity contribution < 1.29 is 5.21 Å². The number of nitrogens with zero attached hydrogens (tertiary/aromatic N) is 1. The van der Waals surface area contributed by atoms with Gasteiger partial charge in [0.25, 0.3) is 0 Å². The van der Waals surface area contributed by atoms with E-state index < -0.39 is 0 Å². The van der Waals surface area contributed by atoms with Crippen LogP contribution in [0.25, 0.3) is 0 Å². The van der Waals surface area contributed by atoms with Crippen LogP contribution >= 0.6 is 0 Å². The minimum Gasteiger partial charge on any atom is -0.409 e. The Morgan fingerprint density at radius 2 is 2.05 bits per heavy atom. The summed E-state index contributed by atoms with van der Waals surface area (Å²) >= 11 is 0. The number of hydrogen-bond acceptors (Lipinski definition) is 3. The maximum atomic E-state index is 8.63. The van der Waals surface area contributed by atoms with Gasteiger partial charge in [-0.05, 0) is 30.2 Å². The highest BCUT2D eigenvalue weighted by Gasteiger charge is 2.30. The molecular weight excluding hydrogens is 250 g/mol. The fourth-order valence-electron chi connectivity index (χ4n) is 3.21. The van der Waals surface area contributed by atoms with Crippen molar-refractivity contribution in [2.24, 2.45) is 22.7 Å². The number of benzene rings is 1. The molecule has 0 spiro atoms. The van der Waals surface area contributed by atoms with Gasteiger partial charge in [-0.15, -0.1) is 0 Å². The quantitative estimate of drug-likeness (QED) is 0.335. The van der Waals surface area contributed by atoms with E-state index in [0.717, 1.165) is 23.9 Å². The fourth-order valence-corrected chi connectivity index (χ4v) is 3.21. The second kappa shape index (κ2) is 6.75. The minimum atomic E-state index is 0.153. The highest BCUT2D eigenvalue weighted by molar-refractivity contribution is 5.96. The van der Waals surface area contributed by atoms with E-state index in [1.165, 1.54) is 24.8 Å². The Morgan fingerprint density at radius 1 is 1.35 bits per heavy atom. The van der Waals surface area contributed by atoms with Gasteiger partial charge in [-0.2, -0.15) is 0 Å². The highest BCUT2D eigenvalue weighted by Crippen LogP contribution is 2.33. The van der Waals surface area contributed by atoms with Crippen molar-refractivity contribution in [1.82, 2.24) is 5.32 Å². The van der Waals surface area contributed by atoms with Gasteiger partial charge >= 0.3 is 0 Å². The second-order valence-electron chi connectivity index (χ2n) is 5.77. The van der Waals surface area contributed by atoms with Crippen LogP contribution in [0.2, 0.25) is 0 Å². The van der Waals surface area contributed by atoms with Crippen LogP contribution in [0, 0.1) is 11.8 Å². The molecule has 1 aliphatic carbocycles.